The van der Waals surface area contributed by atoms with Crippen molar-refractivity contribution in [1.82, 2.24) is 9.97 Å². The van der Waals surface area contributed by atoms with Gasteiger partial charge in [0.25, 0.3) is 0 Å². The summed E-state index contributed by atoms with van der Waals surface area (Å²) in [5.74, 6) is 1.47. The van der Waals surface area contributed by atoms with Crippen LogP contribution in [0.2, 0.25) is 0 Å². The first-order valence-electron chi connectivity index (χ1n) is 5.09. The molecule has 0 amide bonds. The average Bonchev–Trinajstić information content (AvgIpc) is 2.80. The van der Waals surface area contributed by atoms with E-state index >= 15 is 0 Å². The fourth-order valence-corrected chi connectivity index (χ4v) is 1.78. The highest BCUT2D eigenvalue weighted by Crippen LogP contribution is 2.13. The zero-order chi connectivity index (χ0) is 11.2. The minimum absolute atomic E-state index is 0.630. The van der Waals surface area contributed by atoms with Gasteiger partial charge >= 0.3 is 0 Å². The average molecular weight is 235 g/mol. The molecule has 2 aromatic heterocycles. The SMILES string of the molecule is CCOc1cccc(NCc2cncs2)n1. The number of anilines is 1. The van der Waals surface area contributed by atoms with Crippen LogP contribution in [0.5, 0.6) is 5.88 Å². The topological polar surface area (TPSA) is 47.0 Å². The molecular formula is C11H13N3OS. The van der Waals surface area contributed by atoms with Crippen molar-refractivity contribution in [3.63, 3.8) is 0 Å². The van der Waals surface area contributed by atoms with Crippen LogP contribution in [0.15, 0.2) is 29.9 Å². The first kappa shape index (κ1) is 10.9. The van der Waals surface area contributed by atoms with Crippen molar-refractivity contribution in [2.24, 2.45) is 0 Å². The molecule has 1 N–H and O–H groups in total. The van der Waals surface area contributed by atoms with Gasteiger partial charge in [0.05, 0.1) is 18.7 Å². The zero-order valence-corrected chi connectivity index (χ0v) is 9.83. The van der Waals surface area contributed by atoms with Crippen molar-refractivity contribution in [1.29, 1.82) is 0 Å². The molecule has 0 aromatic carbocycles. The molecule has 0 fully saturated rings. The van der Waals surface area contributed by atoms with Crippen LogP contribution in [0.1, 0.15) is 11.8 Å². The van der Waals surface area contributed by atoms with Gasteiger partial charge in [-0.2, -0.15) is 4.98 Å². The summed E-state index contributed by atoms with van der Waals surface area (Å²) in [6.07, 6.45) is 1.85. The molecule has 5 heteroatoms. The smallest absolute Gasteiger partial charge is 0.215 e. The molecule has 2 heterocycles. The van der Waals surface area contributed by atoms with Gasteiger partial charge in [0, 0.05) is 17.1 Å². The summed E-state index contributed by atoms with van der Waals surface area (Å²) in [6.45, 7) is 3.32. The Bertz CT molecular complexity index is 431. The van der Waals surface area contributed by atoms with Crippen molar-refractivity contribution in [2.45, 2.75) is 13.5 Å². The Labute approximate surface area is 98.3 Å². The third-order valence-electron chi connectivity index (χ3n) is 1.94. The molecule has 2 rings (SSSR count). The van der Waals surface area contributed by atoms with Crippen molar-refractivity contribution < 1.29 is 4.74 Å². The van der Waals surface area contributed by atoms with Crippen molar-refractivity contribution in [3.05, 3.63) is 34.8 Å². The quantitative estimate of drug-likeness (QED) is 0.865. The molecule has 0 saturated carbocycles. The second-order valence-electron chi connectivity index (χ2n) is 3.12. The summed E-state index contributed by atoms with van der Waals surface area (Å²) in [7, 11) is 0. The molecule has 0 radical (unpaired) electrons. The maximum atomic E-state index is 5.32. The van der Waals surface area contributed by atoms with Gasteiger partial charge in [0.15, 0.2) is 0 Å². The van der Waals surface area contributed by atoms with Crippen molar-refractivity contribution >= 4 is 17.2 Å². The number of pyridine rings is 1. The Morgan fingerprint density at radius 3 is 3.12 bits per heavy atom. The fourth-order valence-electron chi connectivity index (χ4n) is 1.25. The van der Waals surface area contributed by atoms with Gasteiger partial charge in [0.1, 0.15) is 5.82 Å². The molecule has 16 heavy (non-hydrogen) atoms. The summed E-state index contributed by atoms with van der Waals surface area (Å²) in [4.78, 5) is 9.51. The van der Waals surface area contributed by atoms with E-state index in [4.69, 9.17) is 4.74 Å². The number of rotatable bonds is 5. The van der Waals surface area contributed by atoms with Crippen LogP contribution in [0.4, 0.5) is 5.82 Å². The van der Waals surface area contributed by atoms with Crippen LogP contribution < -0.4 is 10.1 Å². The number of aromatic nitrogens is 2. The monoisotopic (exact) mass is 235 g/mol. The lowest BCUT2D eigenvalue weighted by Gasteiger charge is -2.06. The van der Waals surface area contributed by atoms with E-state index in [1.54, 1.807) is 11.3 Å². The number of hydrogen-bond donors (Lipinski definition) is 1. The molecular weight excluding hydrogens is 222 g/mol. The highest BCUT2D eigenvalue weighted by atomic mass is 32.1. The Morgan fingerprint density at radius 1 is 1.44 bits per heavy atom. The van der Waals surface area contributed by atoms with E-state index in [2.05, 4.69) is 15.3 Å². The second-order valence-corrected chi connectivity index (χ2v) is 4.09. The van der Waals surface area contributed by atoms with Gasteiger partial charge in [-0.25, -0.2) is 0 Å². The highest BCUT2D eigenvalue weighted by Gasteiger charge is 1.98. The minimum atomic E-state index is 0.630. The Balaban J connectivity index is 1.96. The van der Waals surface area contributed by atoms with Crippen LogP contribution in [-0.4, -0.2) is 16.6 Å². The van der Waals surface area contributed by atoms with Crippen LogP contribution >= 0.6 is 11.3 Å². The zero-order valence-electron chi connectivity index (χ0n) is 9.01. The molecule has 84 valence electrons. The van der Waals surface area contributed by atoms with Crippen LogP contribution in [0.3, 0.4) is 0 Å². The predicted molar refractivity (Wildman–Crippen MR) is 64.8 cm³/mol. The molecule has 0 unspecified atom stereocenters. The number of thiazole rings is 1. The molecule has 0 saturated heterocycles. The van der Waals surface area contributed by atoms with Gasteiger partial charge in [-0.1, -0.05) is 6.07 Å². The standard InChI is InChI=1S/C11H13N3OS/c1-2-15-11-5-3-4-10(14-11)13-7-9-6-12-8-16-9/h3-6,8H,2,7H2,1H3,(H,13,14). The van der Waals surface area contributed by atoms with Crippen molar-refractivity contribution in [2.75, 3.05) is 11.9 Å². The normalized spacial score (nSPS) is 10.1. The lowest BCUT2D eigenvalue weighted by atomic mass is 10.4. The third kappa shape index (κ3) is 2.93. The summed E-state index contributed by atoms with van der Waals surface area (Å²) in [6, 6.07) is 5.69. The highest BCUT2D eigenvalue weighted by molar-refractivity contribution is 7.09. The molecule has 0 aliphatic heterocycles. The van der Waals surface area contributed by atoms with Crippen LogP contribution in [-0.2, 0) is 6.54 Å². The summed E-state index contributed by atoms with van der Waals surface area (Å²) in [5, 5.41) is 3.23. The minimum Gasteiger partial charge on any atom is -0.478 e. The van der Waals surface area contributed by atoms with Crippen LogP contribution in [0.25, 0.3) is 0 Å². The molecule has 0 aliphatic rings. The summed E-state index contributed by atoms with van der Waals surface area (Å²) < 4.78 is 5.32. The van der Waals surface area contributed by atoms with E-state index in [1.807, 2.05) is 36.8 Å². The van der Waals surface area contributed by atoms with Crippen LogP contribution in [0, 0.1) is 0 Å². The second kappa shape index (κ2) is 5.46. The van der Waals surface area contributed by atoms with E-state index in [-0.39, 0.29) is 0 Å². The molecule has 0 atom stereocenters. The third-order valence-corrected chi connectivity index (χ3v) is 2.72. The lowest BCUT2D eigenvalue weighted by molar-refractivity contribution is 0.327. The summed E-state index contributed by atoms with van der Waals surface area (Å²) in [5.41, 5.74) is 1.82. The lowest BCUT2D eigenvalue weighted by Crippen LogP contribution is -2.01. The molecule has 0 spiro atoms. The predicted octanol–water partition coefficient (Wildman–Crippen LogP) is 2.55. The number of hydrogen-bond acceptors (Lipinski definition) is 5. The van der Waals surface area contributed by atoms with E-state index in [0.717, 1.165) is 12.4 Å². The Morgan fingerprint density at radius 2 is 2.38 bits per heavy atom. The van der Waals surface area contributed by atoms with E-state index in [1.165, 1.54) is 4.88 Å². The van der Waals surface area contributed by atoms with Gasteiger partial charge in [-0.05, 0) is 13.0 Å². The fraction of sp³-hybridized carbons (Fsp3) is 0.273. The Kier molecular flexibility index (Phi) is 3.71. The number of nitrogens with zero attached hydrogens (tertiary/aromatic N) is 2. The van der Waals surface area contributed by atoms with Gasteiger partial charge in [-0.3, -0.25) is 4.98 Å². The number of nitrogens with one attached hydrogen (secondary N) is 1. The van der Waals surface area contributed by atoms with Crippen molar-refractivity contribution in [3.8, 4) is 5.88 Å². The van der Waals surface area contributed by atoms with Gasteiger partial charge in [-0.15, -0.1) is 11.3 Å². The first-order chi connectivity index (χ1) is 7.88. The first-order valence-corrected chi connectivity index (χ1v) is 5.97. The number of ether oxygens (including phenoxy) is 1. The van der Waals surface area contributed by atoms with E-state index < -0.39 is 0 Å². The molecule has 4 nitrogen and oxygen atoms in total. The summed E-state index contributed by atoms with van der Waals surface area (Å²) >= 11 is 1.62. The molecule has 2 aromatic rings. The Hall–Kier alpha value is -1.62. The molecule has 0 aliphatic carbocycles. The van der Waals surface area contributed by atoms with E-state index in [0.29, 0.717) is 12.5 Å². The maximum absolute atomic E-state index is 5.32. The van der Waals surface area contributed by atoms with Gasteiger partial charge < -0.3 is 10.1 Å². The van der Waals surface area contributed by atoms with Gasteiger partial charge in [0.2, 0.25) is 5.88 Å². The largest absolute Gasteiger partial charge is 0.478 e. The van der Waals surface area contributed by atoms with E-state index in [9.17, 15) is 0 Å². The molecule has 0 bridgehead atoms. The maximum Gasteiger partial charge on any atom is 0.215 e.